The van der Waals surface area contributed by atoms with Crippen molar-refractivity contribution in [3.8, 4) is 0 Å². The molecule has 1 heterocycles. The van der Waals surface area contributed by atoms with E-state index in [0.717, 1.165) is 29.7 Å². The van der Waals surface area contributed by atoms with Crippen LogP contribution in [0.1, 0.15) is 19.3 Å². The van der Waals surface area contributed by atoms with Crippen LogP contribution >= 0.6 is 23.7 Å². The first kappa shape index (κ1) is 22.7. The zero-order chi connectivity index (χ0) is 21.3. The summed E-state index contributed by atoms with van der Waals surface area (Å²) in [5.74, 6) is 0.651. The number of hydrogen-bond donors (Lipinski definition) is 2. The van der Waals surface area contributed by atoms with E-state index in [1.54, 1.807) is 28.8 Å². The molecule has 0 aromatic heterocycles. The van der Waals surface area contributed by atoms with Gasteiger partial charge in [0.2, 0.25) is 5.91 Å². The van der Waals surface area contributed by atoms with Crippen molar-refractivity contribution in [2.24, 2.45) is 5.14 Å². The largest absolute Gasteiger partial charge is 0.378 e. The molecule has 1 aliphatic carbocycles. The highest BCUT2D eigenvalue weighted by molar-refractivity contribution is 8.03. The second-order valence-electron chi connectivity index (χ2n) is 6.99. The predicted molar refractivity (Wildman–Crippen MR) is 121 cm³/mol. The summed E-state index contributed by atoms with van der Waals surface area (Å²) >= 11 is 2.62. The maximum Gasteiger partial charge on any atom is 0.293 e. The molecule has 1 aliphatic heterocycles. The minimum atomic E-state index is -0.428. The van der Waals surface area contributed by atoms with Crippen molar-refractivity contribution >= 4 is 41.0 Å². The normalized spacial score (nSPS) is 17.4. The summed E-state index contributed by atoms with van der Waals surface area (Å²) in [6, 6.07) is 4.59. The number of nitro benzene ring substituents is 1. The SMILES string of the molecule is NSc1ccc(NC(CSC2=CCCC=C2)CC(=O)N2CCOCC2)c([N+](=O)[O-])c1. The summed E-state index contributed by atoms with van der Waals surface area (Å²) in [6.07, 6.45) is 8.71. The van der Waals surface area contributed by atoms with Crippen LogP contribution in [0.2, 0.25) is 0 Å². The predicted octanol–water partition coefficient (Wildman–Crippen LogP) is 3.56. The van der Waals surface area contributed by atoms with E-state index in [2.05, 4.69) is 23.5 Å². The molecule has 0 radical (unpaired) electrons. The first-order valence-electron chi connectivity index (χ1n) is 9.83. The van der Waals surface area contributed by atoms with E-state index in [1.807, 2.05) is 0 Å². The number of ether oxygens (including phenoxy) is 1. The van der Waals surface area contributed by atoms with Gasteiger partial charge in [-0.15, -0.1) is 11.8 Å². The number of thioether (sulfide) groups is 1. The number of nitrogens with two attached hydrogens (primary N) is 1. The minimum Gasteiger partial charge on any atom is -0.378 e. The van der Waals surface area contributed by atoms with Crippen molar-refractivity contribution in [1.29, 1.82) is 0 Å². The van der Waals surface area contributed by atoms with E-state index < -0.39 is 4.92 Å². The number of anilines is 1. The van der Waals surface area contributed by atoms with Gasteiger partial charge in [0.25, 0.3) is 5.69 Å². The van der Waals surface area contributed by atoms with Gasteiger partial charge in [0.05, 0.1) is 18.1 Å². The standard InChI is InChI=1S/C20H26N4O4S2/c21-30-17-6-7-18(19(13-17)24(26)27)22-15(14-29-16-4-2-1-3-5-16)12-20(25)23-8-10-28-11-9-23/h2,4-7,13,15,22H,1,3,8-12,14,21H2. The maximum absolute atomic E-state index is 12.8. The minimum absolute atomic E-state index is 0.0290. The van der Waals surface area contributed by atoms with Crippen LogP contribution in [0.3, 0.4) is 0 Å². The molecule has 2 aliphatic rings. The molecule has 0 saturated carbocycles. The summed E-state index contributed by atoms with van der Waals surface area (Å²) in [5.41, 5.74) is 0.349. The molecular weight excluding hydrogens is 424 g/mol. The van der Waals surface area contributed by atoms with Crippen LogP contribution in [-0.4, -0.2) is 53.8 Å². The van der Waals surface area contributed by atoms with Crippen molar-refractivity contribution in [2.75, 3.05) is 37.4 Å². The highest BCUT2D eigenvalue weighted by Crippen LogP contribution is 2.31. The van der Waals surface area contributed by atoms with Gasteiger partial charge in [-0.05, 0) is 36.9 Å². The van der Waals surface area contributed by atoms with E-state index >= 15 is 0 Å². The second kappa shape index (κ2) is 11.4. The Bertz CT molecular complexity index is 825. The Kier molecular flexibility index (Phi) is 8.61. The molecule has 3 rings (SSSR count). The van der Waals surface area contributed by atoms with Gasteiger partial charge in [-0.25, -0.2) is 0 Å². The van der Waals surface area contributed by atoms with Crippen molar-refractivity contribution in [1.82, 2.24) is 4.90 Å². The Balaban J connectivity index is 1.74. The van der Waals surface area contributed by atoms with Gasteiger partial charge in [0.1, 0.15) is 5.69 Å². The van der Waals surface area contributed by atoms with E-state index in [0.29, 0.717) is 42.6 Å². The number of nitro groups is 1. The lowest BCUT2D eigenvalue weighted by molar-refractivity contribution is -0.384. The van der Waals surface area contributed by atoms with Gasteiger partial charge < -0.3 is 15.0 Å². The smallest absolute Gasteiger partial charge is 0.293 e. The zero-order valence-corrected chi connectivity index (χ0v) is 18.3. The van der Waals surface area contributed by atoms with Crippen molar-refractivity contribution in [2.45, 2.75) is 30.2 Å². The molecule has 10 heteroatoms. The first-order chi connectivity index (χ1) is 14.6. The molecule has 1 aromatic rings. The fourth-order valence-corrected chi connectivity index (χ4v) is 4.62. The van der Waals surface area contributed by atoms with Crippen molar-refractivity contribution in [3.63, 3.8) is 0 Å². The van der Waals surface area contributed by atoms with E-state index in [9.17, 15) is 14.9 Å². The number of allylic oxidation sites excluding steroid dienone is 3. The van der Waals surface area contributed by atoms with E-state index in [4.69, 9.17) is 9.88 Å². The number of carbonyl (C=O) groups is 1. The van der Waals surface area contributed by atoms with Crippen LogP contribution < -0.4 is 10.5 Å². The second-order valence-corrected chi connectivity index (χ2v) is 8.79. The van der Waals surface area contributed by atoms with Gasteiger partial charge >= 0.3 is 0 Å². The molecule has 1 amide bonds. The van der Waals surface area contributed by atoms with E-state index in [1.165, 1.54) is 6.07 Å². The quantitative estimate of drug-likeness (QED) is 0.334. The summed E-state index contributed by atoms with van der Waals surface area (Å²) < 4.78 is 5.33. The maximum atomic E-state index is 12.8. The molecule has 1 unspecified atom stereocenters. The lowest BCUT2D eigenvalue weighted by Crippen LogP contribution is -2.43. The lowest BCUT2D eigenvalue weighted by atomic mass is 10.1. The fraction of sp³-hybridized carbons (Fsp3) is 0.450. The third-order valence-corrected chi connectivity index (χ3v) is 6.59. The van der Waals surface area contributed by atoms with Gasteiger partial charge in [-0.1, -0.05) is 18.2 Å². The first-order valence-corrected chi connectivity index (χ1v) is 11.7. The Morgan fingerprint density at radius 3 is 2.80 bits per heavy atom. The molecule has 3 N–H and O–H groups in total. The topological polar surface area (TPSA) is 111 Å². The summed E-state index contributed by atoms with van der Waals surface area (Å²) in [5, 5.41) is 20.3. The molecule has 1 atom stereocenters. The summed E-state index contributed by atoms with van der Waals surface area (Å²) in [7, 11) is 0. The lowest BCUT2D eigenvalue weighted by Gasteiger charge is -2.29. The summed E-state index contributed by atoms with van der Waals surface area (Å²) in [6.45, 7) is 2.24. The van der Waals surface area contributed by atoms with Crippen LogP contribution in [0.4, 0.5) is 11.4 Å². The Morgan fingerprint density at radius 1 is 1.33 bits per heavy atom. The molecule has 0 spiro atoms. The van der Waals surface area contributed by atoms with Crippen LogP contribution in [0.15, 0.2) is 46.2 Å². The third kappa shape index (κ3) is 6.49. The van der Waals surface area contributed by atoms with Crippen molar-refractivity contribution in [3.05, 3.63) is 51.4 Å². The number of nitrogens with zero attached hydrogens (tertiary/aromatic N) is 2. The van der Waals surface area contributed by atoms with Crippen LogP contribution in [0, 0.1) is 10.1 Å². The van der Waals surface area contributed by atoms with Crippen LogP contribution in [0.25, 0.3) is 0 Å². The molecule has 1 saturated heterocycles. The fourth-order valence-electron chi connectivity index (χ4n) is 3.28. The zero-order valence-electron chi connectivity index (χ0n) is 16.6. The summed E-state index contributed by atoms with van der Waals surface area (Å²) in [4.78, 5) is 27.5. The average Bonchev–Trinajstić information content (AvgIpc) is 2.78. The number of morpholine rings is 1. The molecule has 30 heavy (non-hydrogen) atoms. The molecule has 1 fully saturated rings. The van der Waals surface area contributed by atoms with Gasteiger partial charge in [-0.2, -0.15) is 0 Å². The Morgan fingerprint density at radius 2 is 2.13 bits per heavy atom. The Labute approximate surface area is 184 Å². The highest BCUT2D eigenvalue weighted by atomic mass is 32.2. The molecule has 1 aromatic carbocycles. The van der Waals surface area contributed by atoms with Gasteiger partial charge in [0.15, 0.2) is 0 Å². The number of amides is 1. The molecule has 8 nitrogen and oxygen atoms in total. The number of nitrogens with one attached hydrogen (secondary N) is 1. The molecule has 162 valence electrons. The number of carbonyl (C=O) groups excluding carboxylic acids is 1. The van der Waals surface area contributed by atoms with Crippen LogP contribution in [0.5, 0.6) is 0 Å². The van der Waals surface area contributed by atoms with Gasteiger partial charge in [0, 0.05) is 47.2 Å². The van der Waals surface area contributed by atoms with Crippen LogP contribution in [-0.2, 0) is 9.53 Å². The van der Waals surface area contributed by atoms with E-state index in [-0.39, 0.29) is 24.1 Å². The number of rotatable bonds is 9. The molecule has 0 bridgehead atoms. The molecular formula is C20H26N4O4S2. The van der Waals surface area contributed by atoms with Gasteiger partial charge in [-0.3, -0.25) is 20.0 Å². The highest BCUT2D eigenvalue weighted by Gasteiger charge is 2.24. The number of benzene rings is 1. The Hall–Kier alpha value is -2.01. The average molecular weight is 451 g/mol. The number of hydrogen-bond acceptors (Lipinski definition) is 8. The van der Waals surface area contributed by atoms with Crippen molar-refractivity contribution < 1.29 is 14.5 Å². The monoisotopic (exact) mass is 450 g/mol. The third-order valence-electron chi connectivity index (χ3n) is 4.86.